The third kappa shape index (κ3) is 4.66. The predicted molar refractivity (Wildman–Crippen MR) is 84.7 cm³/mol. The summed E-state index contributed by atoms with van der Waals surface area (Å²) in [5.74, 6) is 0. The SMILES string of the molecule is CCCCN1C=CN(CCN2C=CN(CCCC)C2)C1. The molecule has 2 aliphatic rings. The van der Waals surface area contributed by atoms with Gasteiger partial charge in [0, 0.05) is 51.0 Å². The Balaban J connectivity index is 1.58. The largest absolute Gasteiger partial charge is 0.359 e. The van der Waals surface area contributed by atoms with Crippen LogP contribution in [0.4, 0.5) is 0 Å². The molecule has 4 heteroatoms. The van der Waals surface area contributed by atoms with E-state index < -0.39 is 0 Å². The Morgan fingerprint density at radius 2 is 0.950 bits per heavy atom. The van der Waals surface area contributed by atoms with Gasteiger partial charge in [-0.05, 0) is 12.8 Å². The quantitative estimate of drug-likeness (QED) is 0.643. The molecule has 0 aromatic carbocycles. The van der Waals surface area contributed by atoms with Crippen LogP contribution in [0.3, 0.4) is 0 Å². The third-order valence-corrected chi connectivity index (χ3v) is 3.98. The molecule has 2 heterocycles. The van der Waals surface area contributed by atoms with Crippen molar-refractivity contribution in [1.29, 1.82) is 0 Å². The highest BCUT2D eigenvalue weighted by Gasteiger charge is 2.15. The van der Waals surface area contributed by atoms with Crippen molar-refractivity contribution >= 4 is 0 Å². The van der Waals surface area contributed by atoms with Crippen molar-refractivity contribution in [2.75, 3.05) is 39.5 Å². The van der Waals surface area contributed by atoms with Gasteiger partial charge >= 0.3 is 0 Å². The predicted octanol–water partition coefficient (Wildman–Crippen LogP) is 2.68. The maximum absolute atomic E-state index is 2.41. The number of hydrogen-bond donors (Lipinski definition) is 0. The van der Waals surface area contributed by atoms with Gasteiger partial charge in [0.2, 0.25) is 0 Å². The van der Waals surface area contributed by atoms with E-state index in [1.54, 1.807) is 0 Å². The lowest BCUT2D eigenvalue weighted by atomic mass is 10.3. The number of rotatable bonds is 9. The van der Waals surface area contributed by atoms with Crippen LogP contribution < -0.4 is 0 Å². The van der Waals surface area contributed by atoms with Gasteiger partial charge in [-0.2, -0.15) is 0 Å². The zero-order valence-electron chi connectivity index (χ0n) is 13.2. The lowest BCUT2D eigenvalue weighted by Crippen LogP contribution is -2.34. The molecule has 0 radical (unpaired) electrons. The van der Waals surface area contributed by atoms with E-state index in [1.807, 2.05) is 0 Å². The molecule has 0 aromatic rings. The van der Waals surface area contributed by atoms with Crippen molar-refractivity contribution in [3.05, 3.63) is 24.8 Å². The molecule has 2 aliphatic heterocycles. The van der Waals surface area contributed by atoms with E-state index in [0.717, 1.165) is 26.4 Å². The van der Waals surface area contributed by atoms with Crippen molar-refractivity contribution in [2.45, 2.75) is 39.5 Å². The first-order valence-electron chi connectivity index (χ1n) is 8.14. The van der Waals surface area contributed by atoms with Gasteiger partial charge in [0.1, 0.15) is 0 Å². The average Bonchev–Trinajstić information content (AvgIpc) is 3.10. The van der Waals surface area contributed by atoms with Crippen LogP contribution in [0.2, 0.25) is 0 Å². The highest BCUT2D eigenvalue weighted by molar-refractivity contribution is 4.93. The molecule has 114 valence electrons. The second-order valence-corrected chi connectivity index (χ2v) is 5.84. The minimum atomic E-state index is 1.07. The zero-order valence-corrected chi connectivity index (χ0v) is 13.2. The molecule has 0 atom stereocenters. The maximum atomic E-state index is 2.41. The van der Waals surface area contributed by atoms with E-state index in [0.29, 0.717) is 0 Å². The topological polar surface area (TPSA) is 13.0 Å². The summed E-state index contributed by atoms with van der Waals surface area (Å²) in [5, 5.41) is 0. The van der Waals surface area contributed by atoms with Crippen molar-refractivity contribution < 1.29 is 0 Å². The third-order valence-electron chi connectivity index (χ3n) is 3.98. The van der Waals surface area contributed by atoms with Crippen LogP contribution in [0.1, 0.15) is 39.5 Å². The van der Waals surface area contributed by atoms with Gasteiger partial charge in [-0.15, -0.1) is 0 Å². The Morgan fingerprint density at radius 1 is 0.600 bits per heavy atom. The summed E-state index contributed by atoms with van der Waals surface area (Å²) in [7, 11) is 0. The molecule has 20 heavy (non-hydrogen) atoms. The second kappa shape index (κ2) is 8.08. The van der Waals surface area contributed by atoms with Crippen LogP contribution in [-0.4, -0.2) is 59.1 Å². The van der Waals surface area contributed by atoms with E-state index in [4.69, 9.17) is 0 Å². The molecule has 0 saturated heterocycles. The Kier molecular flexibility index (Phi) is 6.09. The van der Waals surface area contributed by atoms with Gasteiger partial charge in [-0.25, -0.2) is 0 Å². The fraction of sp³-hybridized carbons (Fsp3) is 0.750. The fourth-order valence-electron chi connectivity index (χ4n) is 2.59. The molecule has 0 bridgehead atoms. The summed E-state index contributed by atoms with van der Waals surface area (Å²) in [5.41, 5.74) is 0. The van der Waals surface area contributed by atoms with E-state index >= 15 is 0 Å². The zero-order chi connectivity index (χ0) is 14.2. The first-order valence-corrected chi connectivity index (χ1v) is 8.14. The van der Waals surface area contributed by atoms with Gasteiger partial charge in [-0.3, -0.25) is 0 Å². The van der Waals surface area contributed by atoms with Crippen molar-refractivity contribution in [3.63, 3.8) is 0 Å². The Hall–Kier alpha value is -1.32. The molecule has 0 aromatic heterocycles. The lowest BCUT2D eigenvalue weighted by Gasteiger charge is -2.25. The second-order valence-electron chi connectivity index (χ2n) is 5.84. The molecule has 0 saturated carbocycles. The summed E-state index contributed by atoms with van der Waals surface area (Å²) in [6, 6.07) is 0. The van der Waals surface area contributed by atoms with Crippen molar-refractivity contribution in [3.8, 4) is 0 Å². The molecule has 0 fully saturated rings. The normalized spacial score (nSPS) is 17.9. The van der Waals surface area contributed by atoms with Crippen LogP contribution in [0.5, 0.6) is 0 Å². The Labute approximate surface area is 124 Å². The number of nitrogens with zero attached hydrogens (tertiary/aromatic N) is 4. The van der Waals surface area contributed by atoms with Gasteiger partial charge in [0.25, 0.3) is 0 Å². The van der Waals surface area contributed by atoms with E-state index in [1.165, 1.54) is 38.8 Å². The first kappa shape index (κ1) is 15.1. The molecule has 0 unspecified atom stereocenters. The highest BCUT2D eigenvalue weighted by atomic mass is 15.4. The Morgan fingerprint density at radius 3 is 1.30 bits per heavy atom. The van der Waals surface area contributed by atoms with Gasteiger partial charge in [-0.1, -0.05) is 26.7 Å². The molecular weight excluding hydrogens is 248 g/mol. The standard InChI is InChI=1S/C16H30N4/c1-3-5-7-17-9-11-19(15-17)13-14-20-12-10-18(16-20)8-6-4-2/h9-12H,3-8,13-16H2,1-2H3. The highest BCUT2D eigenvalue weighted by Crippen LogP contribution is 2.10. The maximum Gasteiger partial charge on any atom is 0.0894 e. The first-order chi connectivity index (χ1) is 9.81. The lowest BCUT2D eigenvalue weighted by molar-refractivity contribution is 0.216. The van der Waals surface area contributed by atoms with Gasteiger partial charge in [0.05, 0.1) is 13.3 Å². The van der Waals surface area contributed by atoms with Gasteiger partial charge < -0.3 is 19.6 Å². The average molecular weight is 278 g/mol. The molecule has 4 nitrogen and oxygen atoms in total. The number of unbranched alkanes of at least 4 members (excludes halogenated alkanes) is 2. The minimum absolute atomic E-state index is 1.07. The van der Waals surface area contributed by atoms with Crippen LogP contribution in [0, 0.1) is 0 Å². The molecule has 0 aliphatic carbocycles. The molecule has 2 rings (SSSR count). The van der Waals surface area contributed by atoms with Crippen LogP contribution in [-0.2, 0) is 0 Å². The summed E-state index contributed by atoms with van der Waals surface area (Å²) >= 11 is 0. The molecule has 0 amide bonds. The van der Waals surface area contributed by atoms with Crippen LogP contribution in [0.25, 0.3) is 0 Å². The molecule has 0 spiro atoms. The summed E-state index contributed by atoms with van der Waals surface area (Å²) in [6.07, 6.45) is 14.1. The molecule has 0 N–H and O–H groups in total. The fourth-order valence-corrected chi connectivity index (χ4v) is 2.59. The Bertz CT molecular complexity index is 294. The molecular formula is C16H30N4. The van der Waals surface area contributed by atoms with Crippen molar-refractivity contribution in [1.82, 2.24) is 19.6 Å². The van der Waals surface area contributed by atoms with E-state index in [9.17, 15) is 0 Å². The minimum Gasteiger partial charge on any atom is -0.359 e. The summed E-state index contributed by atoms with van der Waals surface area (Å²) in [4.78, 5) is 9.66. The monoisotopic (exact) mass is 278 g/mol. The van der Waals surface area contributed by atoms with Crippen molar-refractivity contribution in [2.24, 2.45) is 0 Å². The summed E-state index contributed by atoms with van der Waals surface area (Å²) in [6.45, 7) is 11.3. The number of hydrogen-bond acceptors (Lipinski definition) is 4. The van der Waals surface area contributed by atoms with E-state index in [2.05, 4.69) is 58.2 Å². The van der Waals surface area contributed by atoms with Crippen LogP contribution in [0.15, 0.2) is 24.8 Å². The smallest absolute Gasteiger partial charge is 0.0894 e. The van der Waals surface area contributed by atoms with E-state index in [-0.39, 0.29) is 0 Å². The van der Waals surface area contributed by atoms with Crippen LogP contribution >= 0.6 is 0 Å². The summed E-state index contributed by atoms with van der Waals surface area (Å²) < 4.78 is 0. The van der Waals surface area contributed by atoms with Gasteiger partial charge in [0.15, 0.2) is 0 Å².